The molecule has 0 radical (unpaired) electrons. The minimum Gasteiger partial charge on any atom is -0.390 e. The zero-order valence-electron chi connectivity index (χ0n) is 9.24. The lowest BCUT2D eigenvalue weighted by Crippen LogP contribution is -2.34. The van der Waals surface area contributed by atoms with Gasteiger partial charge < -0.3 is 14.6 Å². The van der Waals surface area contributed by atoms with E-state index in [2.05, 4.69) is 0 Å². The van der Waals surface area contributed by atoms with Gasteiger partial charge in [-0.3, -0.25) is 0 Å². The molecule has 0 bridgehead atoms. The van der Waals surface area contributed by atoms with E-state index in [9.17, 15) is 5.11 Å². The van der Waals surface area contributed by atoms with Crippen LogP contribution >= 0.6 is 0 Å². The maximum absolute atomic E-state index is 9.67. The van der Waals surface area contributed by atoms with Gasteiger partial charge in [-0.05, 0) is 32.1 Å². The minimum atomic E-state index is -0.356. The van der Waals surface area contributed by atoms with Gasteiger partial charge in [0.15, 0.2) is 6.29 Å². The number of ether oxygens (including phenoxy) is 2. The van der Waals surface area contributed by atoms with E-state index in [1.54, 1.807) is 0 Å². The molecule has 1 saturated heterocycles. The fourth-order valence-electron chi connectivity index (χ4n) is 1.74. The summed E-state index contributed by atoms with van der Waals surface area (Å²) in [5.41, 5.74) is 0. The molecule has 0 aromatic carbocycles. The quantitative estimate of drug-likeness (QED) is 0.741. The third kappa shape index (κ3) is 3.56. The highest BCUT2D eigenvalue weighted by Crippen LogP contribution is 2.18. The van der Waals surface area contributed by atoms with Gasteiger partial charge >= 0.3 is 0 Å². The van der Waals surface area contributed by atoms with Crippen molar-refractivity contribution in [2.75, 3.05) is 6.61 Å². The van der Waals surface area contributed by atoms with Gasteiger partial charge in [0.25, 0.3) is 0 Å². The summed E-state index contributed by atoms with van der Waals surface area (Å²) in [6.07, 6.45) is 4.34. The molecule has 2 unspecified atom stereocenters. The highest BCUT2D eigenvalue weighted by atomic mass is 16.7. The van der Waals surface area contributed by atoms with E-state index in [4.69, 9.17) is 9.47 Å². The molecular weight excluding hydrogens is 180 g/mol. The van der Waals surface area contributed by atoms with E-state index < -0.39 is 0 Å². The van der Waals surface area contributed by atoms with Crippen molar-refractivity contribution in [1.82, 2.24) is 0 Å². The topological polar surface area (TPSA) is 38.7 Å². The number of aliphatic hydroxyl groups is 1. The van der Waals surface area contributed by atoms with Crippen LogP contribution in [0.5, 0.6) is 0 Å². The molecule has 3 heteroatoms. The molecule has 1 fully saturated rings. The fourth-order valence-corrected chi connectivity index (χ4v) is 1.74. The average Bonchev–Trinajstić information content (AvgIpc) is 2.26. The monoisotopic (exact) mass is 202 g/mol. The Kier molecular flexibility index (Phi) is 5.45. The molecule has 0 saturated carbocycles. The summed E-state index contributed by atoms with van der Waals surface area (Å²) >= 11 is 0. The van der Waals surface area contributed by atoms with Crippen LogP contribution in [0.4, 0.5) is 0 Å². The summed E-state index contributed by atoms with van der Waals surface area (Å²) < 4.78 is 11.2. The molecule has 0 aromatic heterocycles. The fraction of sp³-hybridized carbons (Fsp3) is 1.00. The third-order valence-corrected chi connectivity index (χ3v) is 2.71. The van der Waals surface area contributed by atoms with Crippen LogP contribution in [0.25, 0.3) is 0 Å². The van der Waals surface area contributed by atoms with Crippen molar-refractivity contribution in [3.05, 3.63) is 0 Å². The van der Waals surface area contributed by atoms with Crippen molar-refractivity contribution in [3.8, 4) is 0 Å². The van der Waals surface area contributed by atoms with E-state index in [0.717, 1.165) is 32.3 Å². The van der Waals surface area contributed by atoms with Crippen LogP contribution in [0.2, 0.25) is 0 Å². The van der Waals surface area contributed by atoms with Gasteiger partial charge in [-0.25, -0.2) is 0 Å². The molecule has 0 aliphatic carbocycles. The first kappa shape index (κ1) is 12.0. The molecule has 84 valence electrons. The lowest BCUT2D eigenvalue weighted by atomic mass is 10.1. The van der Waals surface area contributed by atoms with Gasteiger partial charge in [-0.1, -0.05) is 13.8 Å². The summed E-state index contributed by atoms with van der Waals surface area (Å²) in [5.74, 6) is 0. The third-order valence-electron chi connectivity index (χ3n) is 2.71. The number of rotatable bonds is 5. The SMILES string of the molecule is CCC(O)[C@H](CC)OC1CCCCO1. The second-order valence-electron chi connectivity index (χ2n) is 3.85. The Morgan fingerprint density at radius 1 is 1.36 bits per heavy atom. The van der Waals surface area contributed by atoms with Crippen molar-refractivity contribution in [1.29, 1.82) is 0 Å². The molecule has 3 nitrogen and oxygen atoms in total. The first-order chi connectivity index (χ1) is 6.77. The van der Waals surface area contributed by atoms with Crippen molar-refractivity contribution < 1.29 is 14.6 Å². The van der Waals surface area contributed by atoms with Gasteiger partial charge in [0.05, 0.1) is 12.2 Å². The summed E-state index contributed by atoms with van der Waals surface area (Å²) in [6.45, 7) is 4.80. The van der Waals surface area contributed by atoms with Crippen molar-refractivity contribution in [3.63, 3.8) is 0 Å². The van der Waals surface area contributed by atoms with E-state index in [1.807, 2.05) is 13.8 Å². The lowest BCUT2D eigenvalue weighted by molar-refractivity contribution is -0.207. The average molecular weight is 202 g/mol. The zero-order chi connectivity index (χ0) is 10.4. The number of hydrogen-bond acceptors (Lipinski definition) is 3. The van der Waals surface area contributed by atoms with Crippen LogP contribution in [0.15, 0.2) is 0 Å². The Morgan fingerprint density at radius 3 is 2.64 bits per heavy atom. The molecule has 0 amide bonds. The molecule has 1 aliphatic heterocycles. The van der Waals surface area contributed by atoms with Crippen LogP contribution in [-0.2, 0) is 9.47 Å². The van der Waals surface area contributed by atoms with Gasteiger partial charge in [-0.2, -0.15) is 0 Å². The Labute approximate surface area is 86.4 Å². The van der Waals surface area contributed by atoms with Crippen molar-refractivity contribution in [2.45, 2.75) is 64.4 Å². The molecule has 1 aliphatic rings. The van der Waals surface area contributed by atoms with E-state index in [1.165, 1.54) is 6.42 Å². The van der Waals surface area contributed by atoms with Gasteiger partial charge in [0.1, 0.15) is 0 Å². The summed E-state index contributed by atoms with van der Waals surface area (Å²) in [4.78, 5) is 0. The van der Waals surface area contributed by atoms with Crippen LogP contribution in [0.1, 0.15) is 46.0 Å². The molecule has 14 heavy (non-hydrogen) atoms. The van der Waals surface area contributed by atoms with Crippen LogP contribution in [0.3, 0.4) is 0 Å². The van der Waals surface area contributed by atoms with E-state index in [0.29, 0.717) is 0 Å². The van der Waals surface area contributed by atoms with Gasteiger partial charge in [-0.15, -0.1) is 0 Å². The van der Waals surface area contributed by atoms with E-state index >= 15 is 0 Å². The number of hydrogen-bond donors (Lipinski definition) is 1. The van der Waals surface area contributed by atoms with Crippen LogP contribution in [-0.4, -0.2) is 30.2 Å². The predicted octanol–water partition coefficient (Wildman–Crippen LogP) is 2.08. The Morgan fingerprint density at radius 2 is 2.14 bits per heavy atom. The van der Waals surface area contributed by atoms with Crippen LogP contribution < -0.4 is 0 Å². The molecule has 1 N–H and O–H groups in total. The molecule has 1 rings (SSSR count). The molecule has 0 spiro atoms. The van der Waals surface area contributed by atoms with Crippen molar-refractivity contribution >= 4 is 0 Å². The zero-order valence-corrected chi connectivity index (χ0v) is 9.24. The summed E-state index contributed by atoms with van der Waals surface area (Å²) in [5, 5.41) is 9.67. The first-order valence-corrected chi connectivity index (χ1v) is 5.73. The highest BCUT2D eigenvalue weighted by molar-refractivity contribution is 4.67. The number of aliphatic hydroxyl groups excluding tert-OH is 1. The normalized spacial score (nSPS) is 27.2. The maximum atomic E-state index is 9.67. The second kappa shape index (κ2) is 6.38. The summed E-state index contributed by atoms with van der Waals surface area (Å²) in [6, 6.07) is 0. The van der Waals surface area contributed by atoms with Gasteiger partial charge in [0, 0.05) is 6.61 Å². The van der Waals surface area contributed by atoms with Gasteiger partial charge in [0.2, 0.25) is 0 Å². The molecular formula is C11H22O3. The standard InChI is InChI=1S/C11H22O3/c1-3-9(12)10(4-2)14-11-7-5-6-8-13-11/h9-12H,3-8H2,1-2H3/t9?,10-,11?/m0/s1. The van der Waals surface area contributed by atoms with Crippen molar-refractivity contribution in [2.24, 2.45) is 0 Å². The highest BCUT2D eigenvalue weighted by Gasteiger charge is 2.22. The Balaban J connectivity index is 2.30. The van der Waals surface area contributed by atoms with E-state index in [-0.39, 0.29) is 18.5 Å². The lowest BCUT2D eigenvalue weighted by Gasteiger charge is -2.29. The minimum absolute atomic E-state index is 0.0666. The largest absolute Gasteiger partial charge is 0.390 e. The molecule has 1 heterocycles. The van der Waals surface area contributed by atoms with Crippen LogP contribution in [0, 0.1) is 0 Å². The first-order valence-electron chi connectivity index (χ1n) is 5.73. The predicted molar refractivity (Wildman–Crippen MR) is 55.1 cm³/mol. The smallest absolute Gasteiger partial charge is 0.158 e. The molecule has 0 aromatic rings. The molecule has 3 atom stereocenters. The summed E-state index contributed by atoms with van der Waals surface area (Å²) in [7, 11) is 0. The Bertz CT molecular complexity index is 143. The Hall–Kier alpha value is -0.120. The maximum Gasteiger partial charge on any atom is 0.158 e. The second-order valence-corrected chi connectivity index (χ2v) is 3.85.